The lowest BCUT2D eigenvalue weighted by Crippen LogP contribution is -2.13. The van der Waals surface area contributed by atoms with E-state index < -0.39 is 10.0 Å². The molecular weight excluding hydrogens is 248 g/mol. The fraction of sp³-hybridized carbons (Fsp3) is 0. The Hall–Kier alpha value is -1.67. The summed E-state index contributed by atoms with van der Waals surface area (Å²) >= 11 is 1.20. The third-order valence-electron chi connectivity index (χ3n) is 1.72. The predicted molar refractivity (Wildman–Crippen MR) is 61.6 cm³/mol. The Morgan fingerprint density at radius 2 is 2.12 bits per heavy atom. The van der Waals surface area contributed by atoms with Gasteiger partial charge in [0.05, 0.1) is 0 Å². The highest BCUT2D eigenvalue weighted by Crippen LogP contribution is 2.17. The van der Waals surface area contributed by atoms with Crippen molar-refractivity contribution < 1.29 is 8.42 Å². The molecule has 0 amide bonds. The molecular formula is C8H8N4O2S2. The number of nitrogens with two attached hydrogens (primary N) is 1. The van der Waals surface area contributed by atoms with Gasteiger partial charge in [-0.05, 0) is 12.1 Å². The first kappa shape index (κ1) is 10.8. The lowest BCUT2D eigenvalue weighted by molar-refractivity contribution is 0.601. The second kappa shape index (κ2) is 4.06. The molecule has 84 valence electrons. The average molecular weight is 256 g/mol. The monoisotopic (exact) mass is 256 g/mol. The first-order chi connectivity index (χ1) is 7.58. The van der Waals surface area contributed by atoms with E-state index in [0.717, 1.165) is 0 Å². The van der Waals surface area contributed by atoms with Crippen molar-refractivity contribution in [3.05, 3.63) is 29.9 Å². The third kappa shape index (κ3) is 2.28. The number of rotatable bonds is 3. The van der Waals surface area contributed by atoms with Crippen LogP contribution in [0.1, 0.15) is 0 Å². The minimum Gasteiger partial charge on any atom is -0.384 e. The Morgan fingerprint density at radius 3 is 2.69 bits per heavy atom. The van der Waals surface area contributed by atoms with E-state index in [0.29, 0.717) is 5.13 Å². The molecule has 8 heteroatoms. The van der Waals surface area contributed by atoms with Crippen molar-refractivity contribution in [2.24, 2.45) is 0 Å². The van der Waals surface area contributed by atoms with E-state index >= 15 is 0 Å². The molecule has 0 bridgehead atoms. The number of pyridine rings is 1. The van der Waals surface area contributed by atoms with Crippen molar-refractivity contribution in [1.82, 2.24) is 9.97 Å². The van der Waals surface area contributed by atoms with E-state index in [1.54, 1.807) is 5.38 Å². The molecule has 0 saturated carbocycles. The van der Waals surface area contributed by atoms with Crippen LogP contribution in [0.25, 0.3) is 0 Å². The molecule has 0 radical (unpaired) electrons. The Labute approximate surface area is 96.2 Å². The Balaban J connectivity index is 2.29. The fourth-order valence-electron chi connectivity index (χ4n) is 0.998. The minimum absolute atomic E-state index is 0.0527. The van der Waals surface area contributed by atoms with Crippen molar-refractivity contribution in [2.75, 3.05) is 10.5 Å². The van der Waals surface area contributed by atoms with Gasteiger partial charge in [0.15, 0.2) is 5.13 Å². The van der Waals surface area contributed by atoms with Gasteiger partial charge in [0.2, 0.25) is 0 Å². The number of aromatic nitrogens is 2. The van der Waals surface area contributed by atoms with Crippen LogP contribution in [0.2, 0.25) is 0 Å². The summed E-state index contributed by atoms with van der Waals surface area (Å²) in [4.78, 5) is 7.60. The van der Waals surface area contributed by atoms with Gasteiger partial charge in [-0.3, -0.25) is 4.72 Å². The maximum absolute atomic E-state index is 11.8. The van der Waals surface area contributed by atoms with Crippen LogP contribution in [0.4, 0.5) is 10.9 Å². The van der Waals surface area contributed by atoms with Gasteiger partial charge in [-0.2, -0.15) is 0 Å². The van der Waals surface area contributed by atoms with Gasteiger partial charge in [-0.25, -0.2) is 18.4 Å². The summed E-state index contributed by atoms with van der Waals surface area (Å²) in [5, 5.41) is 2.00. The molecule has 0 saturated heterocycles. The highest BCUT2D eigenvalue weighted by atomic mass is 32.2. The van der Waals surface area contributed by atoms with E-state index in [1.807, 2.05) is 0 Å². The number of nitrogen functional groups attached to an aromatic ring is 1. The van der Waals surface area contributed by atoms with Crippen molar-refractivity contribution in [3.63, 3.8) is 0 Å². The summed E-state index contributed by atoms with van der Waals surface area (Å²) < 4.78 is 25.9. The van der Waals surface area contributed by atoms with Crippen molar-refractivity contribution in [1.29, 1.82) is 0 Å². The van der Waals surface area contributed by atoms with Crippen LogP contribution in [0.15, 0.2) is 34.8 Å². The molecule has 2 aromatic heterocycles. The Bertz CT molecular complexity index is 563. The van der Waals surface area contributed by atoms with Crippen molar-refractivity contribution in [2.45, 2.75) is 4.90 Å². The van der Waals surface area contributed by atoms with Crippen LogP contribution < -0.4 is 10.5 Å². The summed E-state index contributed by atoms with van der Waals surface area (Å²) in [5.74, 6) is 0.271. The highest BCUT2D eigenvalue weighted by molar-refractivity contribution is 7.93. The van der Waals surface area contributed by atoms with Crippen LogP contribution in [-0.2, 0) is 10.0 Å². The van der Waals surface area contributed by atoms with Gasteiger partial charge in [0.1, 0.15) is 10.7 Å². The highest BCUT2D eigenvalue weighted by Gasteiger charge is 2.15. The number of nitrogens with one attached hydrogen (secondary N) is 1. The zero-order valence-electron chi connectivity index (χ0n) is 7.99. The molecule has 0 fully saturated rings. The molecule has 3 N–H and O–H groups in total. The molecule has 0 aliphatic heterocycles. The average Bonchev–Trinajstić information content (AvgIpc) is 2.70. The summed E-state index contributed by atoms with van der Waals surface area (Å²) in [6.45, 7) is 0. The van der Waals surface area contributed by atoms with E-state index in [9.17, 15) is 8.42 Å². The maximum Gasteiger partial charge on any atom is 0.265 e. The smallest absolute Gasteiger partial charge is 0.265 e. The van der Waals surface area contributed by atoms with E-state index in [1.165, 1.54) is 35.9 Å². The predicted octanol–water partition coefficient (Wildman–Crippen LogP) is 0.921. The molecule has 2 heterocycles. The standard InChI is InChI=1S/C8H8N4O2S2/c9-7-2-1-6(5-11-7)16(13,14)12-8-10-3-4-15-8/h1-5H,(H2,9,11)(H,10,12). The first-order valence-corrected chi connectivity index (χ1v) is 6.58. The van der Waals surface area contributed by atoms with Gasteiger partial charge in [-0.1, -0.05) is 0 Å². The maximum atomic E-state index is 11.8. The van der Waals surface area contributed by atoms with Crippen LogP contribution in [0.3, 0.4) is 0 Å². The molecule has 0 aromatic carbocycles. The third-order valence-corrected chi connectivity index (χ3v) is 3.87. The van der Waals surface area contributed by atoms with Crippen molar-refractivity contribution >= 4 is 32.3 Å². The van der Waals surface area contributed by atoms with Gasteiger partial charge >= 0.3 is 0 Å². The SMILES string of the molecule is Nc1ccc(S(=O)(=O)Nc2nccs2)cn1. The molecule has 0 aliphatic rings. The normalized spacial score (nSPS) is 11.2. The van der Waals surface area contributed by atoms with Gasteiger partial charge < -0.3 is 5.73 Å². The molecule has 16 heavy (non-hydrogen) atoms. The van der Waals surface area contributed by atoms with Crippen LogP contribution in [-0.4, -0.2) is 18.4 Å². The fourth-order valence-corrected chi connectivity index (χ4v) is 2.73. The molecule has 0 unspecified atom stereocenters. The van der Waals surface area contributed by atoms with Gasteiger partial charge in [-0.15, -0.1) is 11.3 Å². The molecule has 2 aromatic rings. The van der Waals surface area contributed by atoms with Gasteiger partial charge in [0, 0.05) is 17.8 Å². The molecule has 0 atom stereocenters. The summed E-state index contributed by atoms with van der Waals surface area (Å²) in [6, 6.07) is 2.81. The largest absolute Gasteiger partial charge is 0.384 e. The van der Waals surface area contributed by atoms with E-state index in [4.69, 9.17) is 5.73 Å². The van der Waals surface area contributed by atoms with Crippen LogP contribution >= 0.6 is 11.3 Å². The lowest BCUT2D eigenvalue weighted by atomic mass is 10.5. The first-order valence-electron chi connectivity index (χ1n) is 4.22. The number of hydrogen-bond donors (Lipinski definition) is 2. The number of sulfonamides is 1. The van der Waals surface area contributed by atoms with E-state index in [2.05, 4.69) is 14.7 Å². The molecule has 2 rings (SSSR count). The lowest BCUT2D eigenvalue weighted by Gasteiger charge is -2.04. The molecule has 6 nitrogen and oxygen atoms in total. The topological polar surface area (TPSA) is 98.0 Å². The molecule has 0 spiro atoms. The Kier molecular flexibility index (Phi) is 2.75. The zero-order valence-corrected chi connectivity index (χ0v) is 9.62. The number of anilines is 2. The number of thiazole rings is 1. The van der Waals surface area contributed by atoms with Crippen LogP contribution in [0.5, 0.6) is 0 Å². The second-order valence-corrected chi connectivity index (χ2v) is 5.44. The Morgan fingerprint density at radius 1 is 1.31 bits per heavy atom. The summed E-state index contributed by atoms with van der Waals surface area (Å²) in [6.07, 6.45) is 2.72. The van der Waals surface area contributed by atoms with E-state index in [-0.39, 0.29) is 10.7 Å². The summed E-state index contributed by atoms with van der Waals surface area (Å²) in [7, 11) is -3.62. The minimum atomic E-state index is -3.62. The van der Waals surface area contributed by atoms with Crippen LogP contribution in [0, 0.1) is 0 Å². The number of hydrogen-bond acceptors (Lipinski definition) is 6. The summed E-state index contributed by atoms with van der Waals surface area (Å²) in [5.41, 5.74) is 5.37. The quantitative estimate of drug-likeness (QED) is 0.851. The van der Waals surface area contributed by atoms with Gasteiger partial charge in [0.25, 0.3) is 10.0 Å². The zero-order chi connectivity index (χ0) is 11.6. The number of nitrogens with zero attached hydrogens (tertiary/aromatic N) is 2. The second-order valence-electron chi connectivity index (χ2n) is 2.86. The van der Waals surface area contributed by atoms with Crippen molar-refractivity contribution in [3.8, 4) is 0 Å². The molecule has 0 aliphatic carbocycles.